The third-order valence-electron chi connectivity index (χ3n) is 2.77. The normalized spacial score (nSPS) is 21.1. The average Bonchev–Trinajstić information content (AvgIpc) is 2.70. The predicted molar refractivity (Wildman–Crippen MR) is 56.8 cm³/mol. The molecule has 1 aliphatic heterocycles. The van der Waals surface area contributed by atoms with Crippen molar-refractivity contribution in [3.63, 3.8) is 0 Å². The second kappa shape index (κ2) is 4.20. The number of methoxy groups -OCH3 is 1. The van der Waals surface area contributed by atoms with E-state index in [1.165, 1.54) is 24.9 Å². The molecule has 1 atom stereocenters. The van der Waals surface area contributed by atoms with Crippen LogP contribution in [0.5, 0.6) is 5.75 Å². The van der Waals surface area contributed by atoms with Crippen LogP contribution < -0.4 is 10.1 Å². The first-order valence-corrected chi connectivity index (χ1v) is 5.36. The van der Waals surface area contributed by atoms with Crippen LogP contribution in [0.1, 0.15) is 24.4 Å². The highest BCUT2D eigenvalue weighted by Gasteiger charge is 2.20. The van der Waals surface area contributed by atoms with Crippen LogP contribution in [0.4, 0.5) is 0 Å². The van der Waals surface area contributed by atoms with Crippen molar-refractivity contribution in [3.8, 4) is 5.75 Å². The third-order valence-corrected chi connectivity index (χ3v) is 3.07. The molecule has 1 saturated heterocycles. The van der Waals surface area contributed by atoms with Crippen LogP contribution in [0, 0.1) is 0 Å². The Labute approximate surface area is 89.2 Å². The molecule has 0 aliphatic carbocycles. The largest absolute Gasteiger partial charge is 0.495 e. The molecule has 2 nitrogen and oxygen atoms in total. The third kappa shape index (κ3) is 1.86. The average molecular weight is 213 g/mol. The SMILES string of the molecule is COc1ccc([C@H]2CCC[NH2+]2)cc1Cl. The molecule has 0 spiro atoms. The van der Waals surface area contributed by atoms with E-state index in [9.17, 15) is 0 Å². The molecule has 0 saturated carbocycles. The summed E-state index contributed by atoms with van der Waals surface area (Å²) >= 11 is 6.07. The van der Waals surface area contributed by atoms with E-state index in [4.69, 9.17) is 16.3 Å². The summed E-state index contributed by atoms with van der Waals surface area (Å²) in [5.74, 6) is 0.758. The summed E-state index contributed by atoms with van der Waals surface area (Å²) in [5, 5.41) is 3.09. The Hall–Kier alpha value is -0.730. The zero-order chi connectivity index (χ0) is 9.97. The first kappa shape index (κ1) is 9.81. The zero-order valence-corrected chi connectivity index (χ0v) is 9.05. The van der Waals surface area contributed by atoms with E-state index in [1.54, 1.807) is 7.11 Å². The molecule has 14 heavy (non-hydrogen) atoms. The van der Waals surface area contributed by atoms with E-state index in [-0.39, 0.29) is 0 Å². The Morgan fingerprint density at radius 2 is 2.36 bits per heavy atom. The van der Waals surface area contributed by atoms with Gasteiger partial charge in [0.2, 0.25) is 0 Å². The lowest BCUT2D eigenvalue weighted by Crippen LogP contribution is -2.81. The maximum Gasteiger partial charge on any atom is 0.137 e. The van der Waals surface area contributed by atoms with E-state index >= 15 is 0 Å². The highest BCUT2D eigenvalue weighted by Crippen LogP contribution is 2.28. The molecule has 1 heterocycles. The summed E-state index contributed by atoms with van der Waals surface area (Å²) in [6.07, 6.45) is 2.55. The van der Waals surface area contributed by atoms with Crippen molar-refractivity contribution in [3.05, 3.63) is 28.8 Å². The summed E-state index contributed by atoms with van der Waals surface area (Å²) in [6, 6.07) is 6.67. The molecular weight excluding hydrogens is 198 g/mol. The second-order valence-corrected chi connectivity index (χ2v) is 4.07. The summed E-state index contributed by atoms with van der Waals surface area (Å²) in [4.78, 5) is 0. The van der Waals surface area contributed by atoms with Crippen LogP contribution in [0.15, 0.2) is 18.2 Å². The highest BCUT2D eigenvalue weighted by molar-refractivity contribution is 6.32. The number of benzene rings is 1. The summed E-state index contributed by atoms with van der Waals surface area (Å²) in [6.45, 7) is 1.23. The lowest BCUT2D eigenvalue weighted by atomic mass is 10.1. The van der Waals surface area contributed by atoms with Gasteiger partial charge in [0.15, 0.2) is 0 Å². The van der Waals surface area contributed by atoms with Gasteiger partial charge in [0, 0.05) is 18.4 Å². The zero-order valence-electron chi connectivity index (χ0n) is 8.29. The van der Waals surface area contributed by atoms with E-state index in [2.05, 4.69) is 11.4 Å². The quantitative estimate of drug-likeness (QED) is 0.794. The number of quaternary nitrogens is 1. The van der Waals surface area contributed by atoms with Gasteiger partial charge in [0.25, 0.3) is 0 Å². The van der Waals surface area contributed by atoms with Gasteiger partial charge in [-0.05, 0) is 18.2 Å². The van der Waals surface area contributed by atoms with Gasteiger partial charge < -0.3 is 10.1 Å². The molecule has 3 heteroatoms. The standard InChI is InChI=1S/C11H14ClNO/c1-14-11-5-4-8(7-9(11)12)10-3-2-6-13-10/h4-5,7,10,13H,2-3,6H2,1H3/p+1/t10-/m1/s1. The van der Waals surface area contributed by atoms with Gasteiger partial charge in [-0.3, -0.25) is 0 Å². The number of hydrogen-bond donors (Lipinski definition) is 1. The highest BCUT2D eigenvalue weighted by atomic mass is 35.5. The van der Waals surface area contributed by atoms with Gasteiger partial charge in [-0.15, -0.1) is 0 Å². The molecular formula is C11H15ClNO+. The molecule has 76 valence electrons. The van der Waals surface area contributed by atoms with Crippen molar-refractivity contribution in [2.75, 3.05) is 13.7 Å². The van der Waals surface area contributed by atoms with Crippen molar-refractivity contribution >= 4 is 11.6 Å². The monoisotopic (exact) mass is 212 g/mol. The first-order valence-electron chi connectivity index (χ1n) is 4.98. The maximum absolute atomic E-state index is 6.07. The number of rotatable bonds is 2. The van der Waals surface area contributed by atoms with Crippen LogP contribution in [-0.4, -0.2) is 13.7 Å². The Morgan fingerprint density at radius 3 is 2.93 bits per heavy atom. The first-order chi connectivity index (χ1) is 6.81. The van der Waals surface area contributed by atoms with Crippen LogP contribution in [-0.2, 0) is 0 Å². The number of nitrogens with two attached hydrogens (primary N) is 1. The van der Waals surface area contributed by atoms with Crippen LogP contribution in [0.25, 0.3) is 0 Å². The fourth-order valence-electron chi connectivity index (χ4n) is 1.99. The number of hydrogen-bond acceptors (Lipinski definition) is 1. The lowest BCUT2D eigenvalue weighted by molar-refractivity contribution is -0.676. The van der Waals surface area contributed by atoms with Crippen LogP contribution in [0.3, 0.4) is 0 Å². The van der Waals surface area contributed by atoms with Gasteiger partial charge in [0.05, 0.1) is 18.7 Å². The van der Waals surface area contributed by atoms with Gasteiger partial charge in [0.1, 0.15) is 11.8 Å². The molecule has 0 amide bonds. The minimum absolute atomic E-state index is 0.596. The number of ether oxygens (including phenoxy) is 1. The van der Waals surface area contributed by atoms with E-state index in [1.807, 2.05) is 12.1 Å². The smallest absolute Gasteiger partial charge is 0.137 e. The van der Waals surface area contributed by atoms with Gasteiger partial charge in [-0.2, -0.15) is 0 Å². The maximum atomic E-state index is 6.07. The Bertz CT molecular complexity index is 321. The van der Waals surface area contributed by atoms with Crippen molar-refractivity contribution in [1.82, 2.24) is 0 Å². The second-order valence-electron chi connectivity index (χ2n) is 3.67. The molecule has 0 unspecified atom stereocenters. The molecule has 0 radical (unpaired) electrons. The summed E-state index contributed by atoms with van der Waals surface area (Å²) in [5.41, 5.74) is 1.31. The molecule has 2 rings (SSSR count). The minimum Gasteiger partial charge on any atom is -0.495 e. The van der Waals surface area contributed by atoms with Crippen molar-refractivity contribution in [2.24, 2.45) is 0 Å². The fraction of sp³-hybridized carbons (Fsp3) is 0.455. The molecule has 1 aromatic carbocycles. The van der Waals surface area contributed by atoms with E-state index in [0.717, 1.165) is 5.75 Å². The summed E-state index contributed by atoms with van der Waals surface area (Å²) in [7, 11) is 1.64. The molecule has 0 bridgehead atoms. The van der Waals surface area contributed by atoms with Crippen LogP contribution in [0.2, 0.25) is 5.02 Å². The van der Waals surface area contributed by atoms with Crippen molar-refractivity contribution in [2.45, 2.75) is 18.9 Å². The van der Waals surface area contributed by atoms with E-state index in [0.29, 0.717) is 11.1 Å². The summed E-state index contributed by atoms with van der Waals surface area (Å²) < 4.78 is 5.12. The Morgan fingerprint density at radius 1 is 1.50 bits per heavy atom. The van der Waals surface area contributed by atoms with Gasteiger partial charge >= 0.3 is 0 Å². The van der Waals surface area contributed by atoms with Crippen molar-refractivity contribution in [1.29, 1.82) is 0 Å². The van der Waals surface area contributed by atoms with E-state index < -0.39 is 0 Å². The van der Waals surface area contributed by atoms with Gasteiger partial charge in [-0.1, -0.05) is 11.6 Å². The molecule has 0 aromatic heterocycles. The topological polar surface area (TPSA) is 25.8 Å². The molecule has 2 N–H and O–H groups in total. The predicted octanol–water partition coefficient (Wildman–Crippen LogP) is 1.75. The molecule has 1 fully saturated rings. The van der Waals surface area contributed by atoms with Crippen LogP contribution >= 0.6 is 11.6 Å². The minimum atomic E-state index is 0.596. The van der Waals surface area contributed by atoms with Crippen molar-refractivity contribution < 1.29 is 10.1 Å². The fourth-order valence-corrected chi connectivity index (χ4v) is 2.26. The van der Waals surface area contributed by atoms with Gasteiger partial charge in [-0.25, -0.2) is 0 Å². The Kier molecular flexibility index (Phi) is 2.94. The number of halogens is 1. The lowest BCUT2D eigenvalue weighted by Gasteiger charge is -2.09. The molecule has 1 aliphatic rings. The Balaban J connectivity index is 2.23. The molecule has 1 aromatic rings.